The van der Waals surface area contributed by atoms with Crippen molar-refractivity contribution in [3.8, 4) is 0 Å². The van der Waals surface area contributed by atoms with Crippen molar-refractivity contribution in [3.63, 3.8) is 0 Å². The van der Waals surface area contributed by atoms with E-state index in [1.54, 1.807) is 0 Å². The van der Waals surface area contributed by atoms with Crippen LogP contribution in [-0.4, -0.2) is 23.8 Å². The molecule has 0 amide bonds. The minimum atomic E-state index is 0.367. The van der Waals surface area contributed by atoms with Crippen LogP contribution < -0.4 is 0 Å². The fourth-order valence-electron chi connectivity index (χ4n) is 2.65. The molecule has 0 aromatic heterocycles. The molecule has 2 rings (SSSR count). The number of carbonyl (C=O) groups is 1. The van der Waals surface area contributed by atoms with Crippen molar-refractivity contribution in [2.24, 2.45) is 0 Å². The number of carbonyl (C=O) groups excluding carboxylic acids is 1. The average Bonchev–Trinajstić information content (AvgIpc) is 2.85. The molecule has 0 N–H and O–H groups in total. The van der Waals surface area contributed by atoms with E-state index in [4.69, 9.17) is 0 Å². The molecular formula is C16H23NO. The number of nitrogens with zero attached hydrogens (tertiary/aromatic N) is 1. The van der Waals surface area contributed by atoms with Crippen LogP contribution in [0.1, 0.15) is 43.7 Å². The number of rotatable bonds is 6. The van der Waals surface area contributed by atoms with Crippen LogP contribution in [0.3, 0.4) is 0 Å². The van der Waals surface area contributed by atoms with Gasteiger partial charge in [-0.2, -0.15) is 0 Å². The van der Waals surface area contributed by atoms with Gasteiger partial charge in [0.15, 0.2) is 0 Å². The molecule has 1 aromatic carbocycles. The molecule has 0 unspecified atom stereocenters. The third-order valence-corrected chi connectivity index (χ3v) is 3.63. The van der Waals surface area contributed by atoms with Crippen molar-refractivity contribution >= 4 is 5.78 Å². The van der Waals surface area contributed by atoms with Crippen molar-refractivity contribution < 1.29 is 4.79 Å². The van der Waals surface area contributed by atoms with Crippen LogP contribution in [0, 0.1) is 0 Å². The second-order valence-corrected chi connectivity index (χ2v) is 5.22. The Morgan fingerprint density at radius 1 is 1.17 bits per heavy atom. The number of hydrogen-bond acceptors (Lipinski definition) is 2. The number of benzene rings is 1. The third-order valence-electron chi connectivity index (χ3n) is 3.63. The molecule has 1 aromatic rings. The summed E-state index contributed by atoms with van der Waals surface area (Å²) in [5.41, 5.74) is 2.56. The van der Waals surface area contributed by atoms with E-state index in [9.17, 15) is 4.79 Å². The summed E-state index contributed by atoms with van der Waals surface area (Å²) < 4.78 is 0. The average molecular weight is 245 g/mol. The Balaban J connectivity index is 2.02. The molecule has 0 atom stereocenters. The predicted octanol–water partition coefficient (Wildman–Crippen LogP) is 3.19. The number of ketones is 1. The highest BCUT2D eigenvalue weighted by Crippen LogP contribution is 2.17. The normalized spacial score (nSPS) is 16.1. The van der Waals surface area contributed by atoms with Gasteiger partial charge in [0.05, 0.1) is 0 Å². The molecule has 0 radical (unpaired) electrons. The summed E-state index contributed by atoms with van der Waals surface area (Å²) in [6.07, 6.45) is 4.90. The van der Waals surface area contributed by atoms with Crippen molar-refractivity contribution in [1.29, 1.82) is 0 Å². The van der Waals surface area contributed by atoms with Crippen molar-refractivity contribution in [3.05, 3.63) is 35.4 Å². The fourth-order valence-corrected chi connectivity index (χ4v) is 2.65. The topological polar surface area (TPSA) is 20.3 Å². The van der Waals surface area contributed by atoms with E-state index in [0.29, 0.717) is 18.6 Å². The summed E-state index contributed by atoms with van der Waals surface area (Å²) in [4.78, 5) is 14.3. The van der Waals surface area contributed by atoms with Gasteiger partial charge in [-0.1, -0.05) is 31.2 Å². The zero-order valence-corrected chi connectivity index (χ0v) is 11.3. The summed E-state index contributed by atoms with van der Waals surface area (Å²) in [6.45, 7) is 5.48. The van der Waals surface area contributed by atoms with E-state index in [1.807, 2.05) is 6.07 Å². The molecule has 2 nitrogen and oxygen atoms in total. The zero-order valence-electron chi connectivity index (χ0n) is 11.3. The zero-order chi connectivity index (χ0) is 12.8. The van der Waals surface area contributed by atoms with E-state index < -0.39 is 0 Å². The molecule has 0 spiro atoms. The van der Waals surface area contributed by atoms with Gasteiger partial charge in [-0.15, -0.1) is 0 Å². The molecule has 1 saturated heterocycles. The summed E-state index contributed by atoms with van der Waals surface area (Å²) in [7, 11) is 0. The summed E-state index contributed by atoms with van der Waals surface area (Å²) in [5.74, 6) is 0.367. The Hall–Kier alpha value is -1.15. The summed E-state index contributed by atoms with van der Waals surface area (Å²) >= 11 is 0. The minimum Gasteiger partial charge on any atom is -0.299 e. The number of likely N-dealkylation sites (tertiary alicyclic amines) is 1. The minimum absolute atomic E-state index is 0.367. The number of hydrogen-bond donors (Lipinski definition) is 0. The first kappa shape index (κ1) is 13.3. The van der Waals surface area contributed by atoms with E-state index in [-0.39, 0.29) is 0 Å². The van der Waals surface area contributed by atoms with Gasteiger partial charge >= 0.3 is 0 Å². The SMILES string of the molecule is CCCC(=O)Cc1ccccc1CN1CCCC1. The molecular weight excluding hydrogens is 222 g/mol. The van der Waals surface area contributed by atoms with Crippen LogP contribution in [-0.2, 0) is 17.8 Å². The molecule has 2 heteroatoms. The van der Waals surface area contributed by atoms with Gasteiger partial charge in [0, 0.05) is 19.4 Å². The van der Waals surface area contributed by atoms with Crippen molar-refractivity contribution in [1.82, 2.24) is 4.90 Å². The van der Waals surface area contributed by atoms with E-state index >= 15 is 0 Å². The highest BCUT2D eigenvalue weighted by Gasteiger charge is 2.14. The van der Waals surface area contributed by atoms with Crippen LogP contribution in [0.25, 0.3) is 0 Å². The van der Waals surface area contributed by atoms with E-state index in [0.717, 1.165) is 13.0 Å². The first-order valence-corrected chi connectivity index (χ1v) is 7.10. The molecule has 1 heterocycles. The molecule has 1 aliphatic rings. The van der Waals surface area contributed by atoms with Gasteiger partial charge in [-0.25, -0.2) is 0 Å². The van der Waals surface area contributed by atoms with Crippen LogP contribution in [0.4, 0.5) is 0 Å². The number of Topliss-reactive ketones (excluding diaryl/α,β-unsaturated/α-hetero) is 1. The monoisotopic (exact) mass is 245 g/mol. The molecule has 0 aliphatic carbocycles. The van der Waals surface area contributed by atoms with Gasteiger partial charge < -0.3 is 0 Å². The van der Waals surface area contributed by atoms with Crippen LogP contribution >= 0.6 is 0 Å². The fraction of sp³-hybridized carbons (Fsp3) is 0.562. The smallest absolute Gasteiger partial charge is 0.137 e. The maximum atomic E-state index is 11.8. The second kappa shape index (κ2) is 6.69. The Bertz CT molecular complexity index is 394. The standard InChI is InChI=1S/C16H23NO/c1-2-7-16(18)12-14-8-3-4-9-15(14)13-17-10-5-6-11-17/h3-4,8-9H,2,5-7,10-13H2,1H3. The molecule has 1 aliphatic heterocycles. The highest BCUT2D eigenvalue weighted by atomic mass is 16.1. The molecule has 98 valence electrons. The predicted molar refractivity (Wildman–Crippen MR) is 74.6 cm³/mol. The van der Waals surface area contributed by atoms with E-state index in [1.165, 1.54) is 37.1 Å². The van der Waals surface area contributed by atoms with Crippen LogP contribution in [0.5, 0.6) is 0 Å². The molecule has 1 fully saturated rings. The Morgan fingerprint density at radius 2 is 1.83 bits per heavy atom. The Labute approximate surface area is 110 Å². The van der Waals surface area contributed by atoms with Crippen LogP contribution in [0.15, 0.2) is 24.3 Å². The second-order valence-electron chi connectivity index (χ2n) is 5.22. The van der Waals surface area contributed by atoms with E-state index in [2.05, 4.69) is 30.0 Å². The van der Waals surface area contributed by atoms with Gasteiger partial charge in [0.25, 0.3) is 0 Å². The maximum Gasteiger partial charge on any atom is 0.137 e. The molecule has 18 heavy (non-hydrogen) atoms. The molecule has 0 bridgehead atoms. The van der Waals surface area contributed by atoms with Crippen LogP contribution in [0.2, 0.25) is 0 Å². The third kappa shape index (κ3) is 3.67. The lowest BCUT2D eigenvalue weighted by molar-refractivity contribution is -0.118. The Morgan fingerprint density at radius 3 is 2.50 bits per heavy atom. The summed E-state index contributed by atoms with van der Waals surface area (Å²) in [6, 6.07) is 8.41. The van der Waals surface area contributed by atoms with Gasteiger partial charge in [0.2, 0.25) is 0 Å². The van der Waals surface area contributed by atoms with Gasteiger partial charge in [0.1, 0.15) is 5.78 Å². The quantitative estimate of drug-likeness (QED) is 0.767. The van der Waals surface area contributed by atoms with Gasteiger partial charge in [-0.05, 0) is 43.5 Å². The molecule has 0 saturated carbocycles. The summed E-state index contributed by atoms with van der Waals surface area (Å²) in [5, 5.41) is 0. The first-order chi connectivity index (χ1) is 8.79. The lowest BCUT2D eigenvalue weighted by Gasteiger charge is -2.17. The highest BCUT2D eigenvalue weighted by molar-refractivity contribution is 5.81. The Kier molecular flexibility index (Phi) is 4.94. The van der Waals surface area contributed by atoms with Crippen molar-refractivity contribution in [2.45, 2.75) is 45.6 Å². The van der Waals surface area contributed by atoms with Crippen molar-refractivity contribution in [2.75, 3.05) is 13.1 Å². The largest absolute Gasteiger partial charge is 0.299 e. The first-order valence-electron chi connectivity index (χ1n) is 7.10. The lowest BCUT2D eigenvalue weighted by atomic mass is 10.00. The van der Waals surface area contributed by atoms with Gasteiger partial charge in [-0.3, -0.25) is 9.69 Å². The maximum absolute atomic E-state index is 11.8. The lowest BCUT2D eigenvalue weighted by Crippen LogP contribution is -2.19.